The van der Waals surface area contributed by atoms with Gasteiger partial charge in [-0.25, -0.2) is 0 Å². The number of nitrogens with zero attached hydrogens (tertiary/aromatic N) is 5. The highest BCUT2D eigenvalue weighted by Crippen LogP contribution is 2.27. The molecular weight excluding hydrogens is 458 g/mol. The Hall–Kier alpha value is -3.41. The van der Waals surface area contributed by atoms with E-state index >= 15 is 0 Å². The van der Waals surface area contributed by atoms with Gasteiger partial charge in [-0.3, -0.25) is 19.2 Å². The summed E-state index contributed by atoms with van der Waals surface area (Å²) in [5.74, 6) is -0.638. The minimum absolute atomic E-state index is 0.0292. The van der Waals surface area contributed by atoms with Gasteiger partial charge in [0.2, 0.25) is 11.8 Å². The van der Waals surface area contributed by atoms with E-state index in [0.29, 0.717) is 50.0 Å². The molecule has 190 valence electrons. The molecule has 36 heavy (non-hydrogen) atoms. The molecule has 4 heterocycles. The first-order chi connectivity index (χ1) is 17.5. The molecular formula is C27H33N5O4. The maximum atomic E-state index is 13.5. The number of carbonyl (C=O) groups is 4. The van der Waals surface area contributed by atoms with Gasteiger partial charge < -0.3 is 19.6 Å². The fourth-order valence-corrected chi connectivity index (χ4v) is 6.15. The van der Waals surface area contributed by atoms with Crippen LogP contribution >= 0.6 is 0 Å². The Morgan fingerprint density at radius 1 is 0.694 bits per heavy atom. The summed E-state index contributed by atoms with van der Waals surface area (Å²) < 4.78 is 0. The van der Waals surface area contributed by atoms with Gasteiger partial charge >= 0.3 is 0 Å². The highest BCUT2D eigenvalue weighted by Gasteiger charge is 2.41. The number of nitriles is 1. The highest BCUT2D eigenvalue weighted by atomic mass is 16.2. The van der Waals surface area contributed by atoms with Crippen molar-refractivity contribution in [2.75, 3.05) is 32.7 Å². The van der Waals surface area contributed by atoms with Crippen LogP contribution in [-0.4, -0.2) is 94.1 Å². The maximum absolute atomic E-state index is 13.5. The lowest BCUT2D eigenvalue weighted by Crippen LogP contribution is -2.49. The van der Waals surface area contributed by atoms with E-state index in [9.17, 15) is 24.4 Å². The number of carbonyl (C=O) groups excluding carboxylic acids is 4. The summed E-state index contributed by atoms with van der Waals surface area (Å²) in [7, 11) is 0. The Kier molecular flexibility index (Phi) is 6.95. The lowest BCUT2D eigenvalue weighted by Gasteiger charge is -2.29. The van der Waals surface area contributed by atoms with Crippen LogP contribution in [0.5, 0.6) is 0 Å². The van der Waals surface area contributed by atoms with Crippen molar-refractivity contribution < 1.29 is 19.2 Å². The van der Waals surface area contributed by atoms with Gasteiger partial charge in [-0.2, -0.15) is 5.26 Å². The van der Waals surface area contributed by atoms with Crippen LogP contribution in [0, 0.1) is 11.3 Å². The van der Waals surface area contributed by atoms with E-state index in [1.807, 2.05) is 4.90 Å². The molecule has 4 saturated heterocycles. The Balaban J connectivity index is 1.31. The van der Waals surface area contributed by atoms with Crippen molar-refractivity contribution in [2.24, 2.45) is 0 Å². The SMILES string of the molecule is N#C[C@@H]1CCCN1C(=O)[C@@H]1CCCN1C(=O)c1cccc(C(=O)N2CCCC2C(=O)N2CCCC2)c1. The third-order valence-electron chi connectivity index (χ3n) is 8.06. The van der Waals surface area contributed by atoms with Crippen molar-refractivity contribution in [1.29, 1.82) is 5.26 Å². The fourth-order valence-electron chi connectivity index (χ4n) is 6.15. The van der Waals surface area contributed by atoms with Crippen molar-refractivity contribution in [3.63, 3.8) is 0 Å². The lowest BCUT2D eigenvalue weighted by molar-refractivity contribution is -0.135. The first-order valence-corrected chi connectivity index (χ1v) is 13.2. The predicted molar refractivity (Wildman–Crippen MR) is 131 cm³/mol. The first kappa shape index (κ1) is 24.3. The summed E-state index contributed by atoms with van der Waals surface area (Å²) in [6.07, 6.45) is 6.23. The van der Waals surface area contributed by atoms with Crippen LogP contribution in [0.2, 0.25) is 0 Å². The zero-order valence-corrected chi connectivity index (χ0v) is 20.6. The fraction of sp³-hybridized carbons (Fsp3) is 0.593. The molecule has 0 aliphatic carbocycles. The summed E-state index contributed by atoms with van der Waals surface area (Å²) in [5, 5.41) is 9.38. The van der Waals surface area contributed by atoms with Crippen LogP contribution in [0.1, 0.15) is 72.1 Å². The summed E-state index contributed by atoms with van der Waals surface area (Å²) in [6.45, 7) is 3.05. The van der Waals surface area contributed by atoms with Crippen molar-refractivity contribution in [1.82, 2.24) is 19.6 Å². The normalized spacial score (nSPS) is 25.9. The van der Waals surface area contributed by atoms with Crippen LogP contribution in [-0.2, 0) is 9.59 Å². The molecule has 1 unspecified atom stereocenters. The Morgan fingerprint density at radius 2 is 1.22 bits per heavy atom. The van der Waals surface area contributed by atoms with E-state index in [-0.39, 0.29) is 23.6 Å². The molecule has 0 aromatic heterocycles. The van der Waals surface area contributed by atoms with Crippen molar-refractivity contribution in [2.45, 2.75) is 69.5 Å². The molecule has 0 radical (unpaired) electrons. The smallest absolute Gasteiger partial charge is 0.254 e. The third kappa shape index (κ3) is 4.45. The quantitative estimate of drug-likeness (QED) is 0.641. The van der Waals surface area contributed by atoms with Gasteiger partial charge in [-0.15, -0.1) is 0 Å². The number of hydrogen-bond donors (Lipinski definition) is 0. The standard InChI is InChI=1S/C27H33N5O4/c28-18-21-9-4-14-30(21)27(36)23-11-6-16-32(23)25(34)20-8-3-7-19(17-20)24(33)31-15-5-10-22(31)26(35)29-12-1-2-13-29/h3,7-8,17,21-23H,1-2,4-6,9-16H2/t21-,22?,23-/m0/s1. The molecule has 0 saturated carbocycles. The number of likely N-dealkylation sites (tertiary alicyclic amines) is 4. The summed E-state index contributed by atoms with van der Waals surface area (Å²) >= 11 is 0. The van der Waals surface area contributed by atoms with Crippen molar-refractivity contribution >= 4 is 23.6 Å². The van der Waals surface area contributed by atoms with Gasteiger partial charge in [-0.05, 0) is 69.6 Å². The topological polar surface area (TPSA) is 105 Å². The van der Waals surface area contributed by atoms with Gasteiger partial charge in [0.1, 0.15) is 18.1 Å². The van der Waals surface area contributed by atoms with Crippen molar-refractivity contribution in [3.05, 3.63) is 35.4 Å². The predicted octanol–water partition coefficient (Wildman–Crippen LogP) is 2.03. The van der Waals surface area contributed by atoms with Gasteiger partial charge in [0, 0.05) is 43.9 Å². The zero-order valence-electron chi connectivity index (χ0n) is 20.6. The van der Waals surface area contributed by atoms with Gasteiger partial charge in [0.05, 0.1) is 6.07 Å². The summed E-state index contributed by atoms with van der Waals surface area (Å²) in [6, 6.07) is 7.39. The van der Waals surface area contributed by atoms with E-state index in [4.69, 9.17) is 0 Å². The van der Waals surface area contributed by atoms with E-state index in [1.54, 1.807) is 39.0 Å². The van der Waals surface area contributed by atoms with Gasteiger partial charge in [0.15, 0.2) is 0 Å². The average molecular weight is 492 g/mol. The molecule has 1 aromatic carbocycles. The molecule has 4 aliphatic rings. The lowest BCUT2D eigenvalue weighted by atomic mass is 10.1. The number of hydrogen-bond acceptors (Lipinski definition) is 5. The second-order valence-corrected chi connectivity index (χ2v) is 10.2. The number of rotatable bonds is 4. The molecule has 1 aromatic rings. The summed E-state index contributed by atoms with van der Waals surface area (Å²) in [5.41, 5.74) is 0.744. The van der Waals surface area contributed by atoms with Gasteiger partial charge in [-0.1, -0.05) is 6.07 Å². The van der Waals surface area contributed by atoms with E-state index in [2.05, 4.69) is 6.07 Å². The molecule has 0 spiro atoms. The van der Waals surface area contributed by atoms with E-state index < -0.39 is 18.1 Å². The van der Waals surface area contributed by atoms with Crippen LogP contribution in [0.25, 0.3) is 0 Å². The molecule has 4 aliphatic heterocycles. The highest BCUT2D eigenvalue weighted by molar-refractivity contribution is 6.02. The van der Waals surface area contributed by atoms with Crippen LogP contribution in [0.15, 0.2) is 24.3 Å². The molecule has 4 fully saturated rings. The molecule has 3 atom stereocenters. The minimum Gasteiger partial charge on any atom is -0.341 e. The monoisotopic (exact) mass is 491 g/mol. The third-order valence-corrected chi connectivity index (χ3v) is 8.06. The first-order valence-electron chi connectivity index (χ1n) is 13.2. The molecule has 9 nitrogen and oxygen atoms in total. The molecule has 0 N–H and O–H groups in total. The van der Waals surface area contributed by atoms with Gasteiger partial charge in [0.25, 0.3) is 11.8 Å². The Morgan fingerprint density at radius 3 is 1.81 bits per heavy atom. The Bertz CT molecular complexity index is 1090. The number of amides is 4. The summed E-state index contributed by atoms with van der Waals surface area (Å²) in [4.78, 5) is 59.8. The molecule has 5 rings (SSSR count). The molecule has 4 amide bonds. The Labute approximate surface area is 211 Å². The largest absolute Gasteiger partial charge is 0.341 e. The molecule has 0 bridgehead atoms. The van der Waals surface area contributed by atoms with Crippen LogP contribution in [0.3, 0.4) is 0 Å². The molecule has 9 heteroatoms. The average Bonchev–Trinajstić information content (AvgIpc) is 3.72. The van der Waals surface area contributed by atoms with E-state index in [1.165, 1.54) is 0 Å². The second-order valence-electron chi connectivity index (χ2n) is 10.2. The van der Waals surface area contributed by atoms with Crippen molar-refractivity contribution in [3.8, 4) is 6.07 Å². The maximum Gasteiger partial charge on any atom is 0.254 e. The minimum atomic E-state index is -0.577. The van der Waals surface area contributed by atoms with E-state index in [0.717, 1.165) is 45.2 Å². The second kappa shape index (κ2) is 10.3. The zero-order chi connectivity index (χ0) is 25.2. The van der Waals surface area contributed by atoms with Crippen LogP contribution in [0.4, 0.5) is 0 Å². The van der Waals surface area contributed by atoms with Crippen LogP contribution < -0.4 is 0 Å². The number of benzene rings is 1.